The van der Waals surface area contributed by atoms with E-state index in [2.05, 4.69) is 9.97 Å². The van der Waals surface area contributed by atoms with Gasteiger partial charge in [0.1, 0.15) is 5.82 Å². The van der Waals surface area contributed by atoms with Crippen LogP contribution in [0.1, 0.15) is 5.82 Å². The molecule has 2 nitrogen and oxygen atoms in total. The number of aromatic nitrogens is 2. The quantitative estimate of drug-likeness (QED) is 0.605. The minimum atomic E-state index is 0. The van der Waals surface area contributed by atoms with Crippen molar-refractivity contribution in [1.82, 2.24) is 9.97 Å². The summed E-state index contributed by atoms with van der Waals surface area (Å²) in [4.78, 5) is 6.75. The Morgan fingerprint density at radius 3 is 2.25 bits per heavy atom. The summed E-state index contributed by atoms with van der Waals surface area (Å²) in [6, 6.07) is 0. The van der Waals surface area contributed by atoms with Gasteiger partial charge >= 0.3 is 0 Å². The molecule has 0 radical (unpaired) electrons. The zero-order valence-corrected chi connectivity index (χ0v) is 6.05. The molecule has 0 saturated carbocycles. The van der Waals surface area contributed by atoms with E-state index in [4.69, 9.17) is 0 Å². The number of hydrogen-bond donors (Lipinski definition) is 1. The summed E-state index contributed by atoms with van der Waals surface area (Å²) in [6.07, 6.45) is 3.53. The van der Waals surface area contributed by atoms with Gasteiger partial charge in [0.15, 0.2) is 0 Å². The maximum Gasteiger partial charge on any atom is 0.102 e. The Bertz CT molecular complexity index is 116. The lowest BCUT2D eigenvalue weighted by molar-refractivity contribution is 1.15. The van der Waals surface area contributed by atoms with Crippen LogP contribution < -0.4 is 0 Å². The van der Waals surface area contributed by atoms with Crippen LogP contribution in [0.25, 0.3) is 0 Å². The molecule has 8 heavy (non-hydrogen) atoms. The second-order valence-electron chi connectivity index (χ2n) is 1.17. The molecule has 0 aliphatic carbocycles. The Kier molecular flexibility index (Phi) is 6.61. The van der Waals surface area contributed by atoms with Crippen molar-refractivity contribution in [3.05, 3.63) is 18.2 Å². The minimum absolute atomic E-state index is 0. The van der Waals surface area contributed by atoms with Crippen molar-refractivity contribution in [1.29, 1.82) is 0 Å². The van der Waals surface area contributed by atoms with Gasteiger partial charge in [-0.15, -0.1) is 24.8 Å². The lowest BCUT2D eigenvalue weighted by atomic mass is 10.8. The number of nitrogens with one attached hydrogen (secondary N) is 1. The molecule has 1 rings (SSSR count). The van der Waals surface area contributed by atoms with Crippen LogP contribution in [0.3, 0.4) is 0 Å². The van der Waals surface area contributed by atoms with Gasteiger partial charge in [-0.05, 0) is 6.92 Å². The maximum absolute atomic E-state index is 3.86. The predicted molar refractivity (Wildman–Crippen MR) is 37.8 cm³/mol. The fourth-order valence-corrected chi connectivity index (χ4v) is 0.344. The lowest BCUT2D eigenvalue weighted by Crippen LogP contribution is -1.66. The molecule has 1 heterocycles. The lowest BCUT2D eigenvalue weighted by Gasteiger charge is -1.68. The van der Waals surface area contributed by atoms with Crippen molar-refractivity contribution in [3.63, 3.8) is 0 Å². The highest BCUT2D eigenvalue weighted by Crippen LogP contribution is 1.78. The molecule has 0 spiro atoms. The molecule has 0 fully saturated rings. The Labute approximate surface area is 60.5 Å². The monoisotopic (exact) mass is 154 g/mol. The van der Waals surface area contributed by atoms with Gasteiger partial charge in [0.05, 0.1) is 0 Å². The molecule has 0 amide bonds. The summed E-state index contributed by atoms with van der Waals surface area (Å²) in [5.74, 6) is 0.968. The number of aryl methyl sites for hydroxylation is 1. The van der Waals surface area contributed by atoms with Crippen LogP contribution in [0.5, 0.6) is 0 Å². The predicted octanol–water partition coefficient (Wildman–Crippen LogP) is 1.56. The zero-order valence-electron chi connectivity index (χ0n) is 4.42. The molecular formula is C4H8Cl2N2. The number of hydrogen-bond acceptors (Lipinski definition) is 1. The SMILES string of the molecule is Cc1ncc[nH]1.Cl.Cl. The molecule has 0 saturated heterocycles. The van der Waals surface area contributed by atoms with Crippen molar-refractivity contribution in [2.75, 3.05) is 0 Å². The number of halogens is 2. The number of aromatic amines is 1. The first-order chi connectivity index (χ1) is 2.89. The first-order valence-electron chi connectivity index (χ1n) is 1.85. The normalized spacial score (nSPS) is 6.62. The maximum atomic E-state index is 3.86. The van der Waals surface area contributed by atoms with Crippen LogP contribution in [0, 0.1) is 6.92 Å². The second-order valence-corrected chi connectivity index (χ2v) is 1.17. The molecule has 0 aliphatic rings. The fourth-order valence-electron chi connectivity index (χ4n) is 0.344. The van der Waals surface area contributed by atoms with Gasteiger partial charge < -0.3 is 4.98 Å². The van der Waals surface area contributed by atoms with Gasteiger partial charge in [-0.2, -0.15) is 0 Å². The van der Waals surface area contributed by atoms with E-state index < -0.39 is 0 Å². The van der Waals surface area contributed by atoms with Crippen LogP contribution in [-0.2, 0) is 0 Å². The highest BCUT2D eigenvalue weighted by atomic mass is 35.5. The van der Waals surface area contributed by atoms with Crippen LogP contribution in [-0.4, -0.2) is 9.97 Å². The zero-order chi connectivity index (χ0) is 4.41. The summed E-state index contributed by atoms with van der Waals surface area (Å²) in [5.41, 5.74) is 0. The Hall–Kier alpha value is -0.210. The average molecular weight is 155 g/mol. The fraction of sp³-hybridized carbons (Fsp3) is 0.250. The van der Waals surface area contributed by atoms with E-state index in [1.54, 1.807) is 12.4 Å². The Balaban J connectivity index is 0. The number of H-pyrrole nitrogens is 1. The highest BCUT2D eigenvalue weighted by Gasteiger charge is 1.73. The third-order valence-corrected chi connectivity index (χ3v) is 0.635. The Morgan fingerprint density at radius 2 is 2.12 bits per heavy atom. The standard InChI is InChI=1S/C4H6N2.2ClH/c1-4-5-2-3-6-4;;/h2-3H,1H3,(H,5,6);2*1H. The summed E-state index contributed by atoms with van der Waals surface area (Å²) in [6.45, 7) is 1.92. The van der Waals surface area contributed by atoms with Gasteiger partial charge in [0, 0.05) is 12.4 Å². The van der Waals surface area contributed by atoms with Crippen molar-refractivity contribution in [2.45, 2.75) is 6.92 Å². The molecule has 0 aliphatic heterocycles. The minimum Gasteiger partial charge on any atom is -0.349 e. The van der Waals surface area contributed by atoms with Gasteiger partial charge in [0.25, 0.3) is 0 Å². The Morgan fingerprint density at radius 1 is 1.50 bits per heavy atom. The number of rotatable bonds is 0. The van der Waals surface area contributed by atoms with Gasteiger partial charge in [-0.3, -0.25) is 0 Å². The summed E-state index contributed by atoms with van der Waals surface area (Å²) in [5, 5.41) is 0. The molecule has 0 unspecified atom stereocenters. The van der Waals surface area contributed by atoms with Gasteiger partial charge in [-0.1, -0.05) is 0 Å². The molecule has 0 bridgehead atoms. The van der Waals surface area contributed by atoms with E-state index in [0.717, 1.165) is 5.82 Å². The van der Waals surface area contributed by atoms with Gasteiger partial charge in [0.2, 0.25) is 0 Å². The smallest absolute Gasteiger partial charge is 0.102 e. The third-order valence-electron chi connectivity index (χ3n) is 0.635. The van der Waals surface area contributed by atoms with E-state index in [1.807, 2.05) is 6.92 Å². The van der Waals surface area contributed by atoms with E-state index in [9.17, 15) is 0 Å². The molecule has 1 N–H and O–H groups in total. The molecular weight excluding hydrogens is 147 g/mol. The van der Waals surface area contributed by atoms with Crippen LogP contribution >= 0.6 is 24.8 Å². The largest absolute Gasteiger partial charge is 0.349 e. The van der Waals surface area contributed by atoms with Crippen molar-refractivity contribution in [2.24, 2.45) is 0 Å². The summed E-state index contributed by atoms with van der Waals surface area (Å²) >= 11 is 0. The number of imidazole rings is 1. The van der Waals surface area contributed by atoms with E-state index >= 15 is 0 Å². The van der Waals surface area contributed by atoms with Crippen LogP contribution in [0.2, 0.25) is 0 Å². The first-order valence-corrected chi connectivity index (χ1v) is 1.85. The van der Waals surface area contributed by atoms with Crippen molar-refractivity contribution >= 4 is 24.8 Å². The molecule has 1 aromatic rings. The summed E-state index contributed by atoms with van der Waals surface area (Å²) in [7, 11) is 0. The van der Waals surface area contributed by atoms with E-state index in [1.165, 1.54) is 0 Å². The number of nitrogens with zero attached hydrogens (tertiary/aromatic N) is 1. The van der Waals surface area contributed by atoms with Crippen LogP contribution in [0.15, 0.2) is 12.4 Å². The van der Waals surface area contributed by atoms with E-state index in [-0.39, 0.29) is 24.8 Å². The second kappa shape index (κ2) is 4.94. The summed E-state index contributed by atoms with van der Waals surface area (Å²) < 4.78 is 0. The molecule has 0 aromatic carbocycles. The molecule has 1 aromatic heterocycles. The van der Waals surface area contributed by atoms with E-state index in [0.29, 0.717) is 0 Å². The van der Waals surface area contributed by atoms with Crippen molar-refractivity contribution in [3.8, 4) is 0 Å². The van der Waals surface area contributed by atoms with Crippen molar-refractivity contribution < 1.29 is 0 Å². The molecule has 48 valence electrons. The van der Waals surface area contributed by atoms with Gasteiger partial charge in [-0.25, -0.2) is 4.98 Å². The van der Waals surface area contributed by atoms with Crippen LogP contribution in [0.4, 0.5) is 0 Å². The molecule has 4 heteroatoms. The average Bonchev–Trinajstić information content (AvgIpc) is 1.86. The third kappa shape index (κ3) is 2.88. The molecule has 0 atom stereocenters. The highest BCUT2D eigenvalue weighted by molar-refractivity contribution is 5.85. The first kappa shape index (κ1) is 10.7. The topological polar surface area (TPSA) is 28.7 Å².